The highest BCUT2D eigenvalue weighted by atomic mass is 16.5. The number of ether oxygens (including phenoxy) is 2. The molecule has 0 saturated heterocycles. The Kier molecular flexibility index (Phi) is 5.90. The van der Waals surface area contributed by atoms with Crippen LogP contribution in [0.25, 0.3) is 0 Å². The van der Waals surface area contributed by atoms with E-state index in [1.54, 1.807) is 7.11 Å². The van der Waals surface area contributed by atoms with Crippen LogP contribution in [0.4, 0.5) is 0 Å². The van der Waals surface area contributed by atoms with Crippen LogP contribution in [-0.2, 0) is 4.74 Å². The Hall–Kier alpha value is -1.06. The Labute approximate surface area is 97.6 Å². The molecule has 0 saturated carbocycles. The summed E-state index contributed by atoms with van der Waals surface area (Å²) in [6, 6.07) is 8.06. The molecule has 0 aliphatic rings. The molecule has 0 fully saturated rings. The molecule has 2 N–H and O–H groups in total. The first-order chi connectivity index (χ1) is 7.77. The molecule has 1 atom stereocenters. The van der Waals surface area contributed by atoms with E-state index >= 15 is 0 Å². The lowest BCUT2D eigenvalue weighted by atomic mass is 10.0. The van der Waals surface area contributed by atoms with Crippen LogP contribution in [-0.4, -0.2) is 20.3 Å². The van der Waals surface area contributed by atoms with Gasteiger partial charge in [-0.15, -0.1) is 0 Å². The monoisotopic (exact) mass is 223 g/mol. The molecule has 0 aliphatic heterocycles. The van der Waals surface area contributed by atoms with Gasteiger partial charge in [-0.3, -0.25) is 0 Å². The number of hydrogen-bond acceptors (Lipinski definition) is 3. The highest BCUT2D eigenvalue weighted by Crippen LogP contribution is 2.20. The van der Waals surface area contributed by atoms with Crippen molar-refractivity contribution in [3.63, 3.8) is 0 Å². The Balaban J connectivity index is 2.53. The van der Waals surface area contributed by atoms with Gasteiger partial charge in [0.05, 0.1) is 6.61 Å². The molecule has 1 aromatic carbocycles. The predicted octanol–water partition coefficient (Wildman–Crippen LogP) is 2.51. The van der Waals surface area contributed by atoms with Crippen LogP contribution < -0.4 is 10.5 Å². The van der Waals surface area contributed by atoms with Crippen LogP contribution in [0.2, 0.25) is 0 Å². The fraction of sp³-hybridized carbons (Fsp3) is 0.538. The standard InChI is InChI=1S/C13H21NO2/c1-3-16-12-7-4-6-11(10-12)13(14)8-5-9-15-2/h4,6-7,10,13H,3,5,8-9,14H2,1-2H3. The molecule has 90 valence electrons. The molecule has 0 radical (unpaired) electrons. The zero-order valence-electron chi connectivity index (χ0n) is 10.1. The van der Waals surface area contributed by atoms with Crippen LogP contribution in [0.5, 0.6) is 5.75 Å². The molecule has 1 unspecified atom stereocenters. The summed E-state index contributed by atoms with van der Waals surface area (Å²) in [5.41, 5.74) is 7.22. The van der Waals surface area contributed by atoms with E-state index in [-0.39, 0.29) is 6.04 Å². The average molecular weight is 223 g/mol. The minimum Gasteiger partial charge on any atom is -0.494 e. The second-order valence-corrected chi connectivity index (χ2v) is 3.75. The number of nitrogens with two attached hydrogens (primary N) is 1. The fourth-order valence-corrected chi connectivity index (χ4v) is 1.62. The van der Waals surface area contributed by atoms with E-state index in [0.717, 1.165) is 30.8 Å². The molecule has 0 spiro atoms. The minimum absolute atomic E-state index is 0.0653. The molecule has 0 aromatic heterocycles. The number of rotatable bonds is 7. The molecule has 0 aliphatic carbocycles. The average Bonchev–Trinajstić information content (AvgIpc) is 2.30. The van der Waals surface area contributed by atoms with Crippen molar-refractivity contribution in [2.45, 2.75) is 25.8 Å². The van der Waals surface area contributed by atoms with E-state index in [1.165, 1.54) is 0 Å². The third kappa shape index (κ3) is 4.21. The quantitative estimate of drug-likeness (QED) is 0.722. The van der Waals surface area contributed by atoms with Crippen molar-refractivity contribution in [1.29, 1.82) is 0 Å². The smallest absolute Gasteiger partial charge is 0.119 e. The van der Waals surface area contributed by atoms with Crippen LogP contribution in [0.1, 0.15) is 31.4 Å². The first-order valence-corrected chi connectivity index (χ1v) is 5.75. The first kappa shape index (κ1) is 13.0. The topological polar surface area (TPSA) is 44.5 Å². The molecule has 0 bridgehead atoms. The molecule has 0 heterocycles. The van der Waals surface area contributed by atoms with Gasteiger partial charge in [-0.2, -0.15) is 0 Å². The van der Waals surface area contributed by atoms with Crippen molar-refractivity contribution in [2.24, 2.45) is 5.73 Å². The lowest BCUT2D eigenvalue weighted by Gasteiger charge is -2.13. The largest absolute Gasteiger partial charge is 0.494 e. The summed E-state index contributed by atoms with van der Waals surface area (Å²) < 4.78 is 10.5. The zero-order valence-corrected chi connectivity index (χ0v) is 10.1. The van der Waals surface area contributed by atoms with Crippen molar-refractivity contribution < 1.29 is 9.47 Å². The zero-order chi connectivity index (χ0) is 11.8. The highest BCUT2D eigenvalue weighted by molar-refractivity contribution is 5.30. The maximum absolute atomic E-state index is 6.09. The summed E-state index contributed by atoms with van der Waals surface area (Å²) in [6.45, 7) is 3.42. The Bertz CT molecular complexity index is 302. The van der Waals surface area contributed by atoms with Crippen LogP contribution in [0.3, 0.4) is 0 Å². The van der Waals surface area contributed by atoms with Crippen LogP contribution >= 0.6 is 0 Å². The van der Waals surface area contributed by atoms with Gasteiger partial charge >= 0.3 is 0 Å². The van der Waals surface area contributed by atoms with Gasteiger partial charge in [-0.25, -0.2) is 0 Å². The number of methoxy groups -OCH3 is 1. The van der Waals surface area contributed by atoms with Gasteiger partial charge in [-0.1, -0.05) is 12.1 Å². The molecule has 0 amide bonds. The summed E-state index contributed by atoms with van der Waals surface area (Å²) in [5, 5.41) is 0. The second kappa shape index (κ2) is 7.25. The van der Waals surface area contributed by atoms with Crippen molar-refractivity contribution in [3.05, 3.63) is 29.8 Å². The minimum atomic E-state index is 0.0653. The first-order valence-electron chi connectivity index (χ1n) is 5.75. The lowest BCUT2D eigenvalue weighted by Crippen LogP contribution is -2.11. The van der Waals surface area contributed by atoms with E-state index in [1.807, 2.05) is 31.2 Å². The normalized spacial score (nSPS) is 12.4. The van der Waals surface area contributed by atoms with Gasteiger partial charge in [0.1, 0.15) is 5.75 Å². The van der Waals surface area contributed by atoms with Gasteiger partial charge in [0, 0.05) is 19.8 Å². The molecule has 1 rings (SSSR count). The second-order valence-electron chi connectivity index (χ2n) is 3.75. The van der Waals surface area contributed by atoms with Gasteiger partial charge in [0.25, 0.3) is 0 Å². The molecular weight excluding hydrogens is 202 g/mol. The van der Waals surface area contributed by atoms with Crippen molar-refractivity contribution in [1.82, 2.24) is 0 Å². The van der Waals surface area contributed by atoms with Gasteiger partial charge in [-0.05, 0) is 37.5 Å². The maximum atomic E-state index is 6.09. The van der Waals surface area contributed by atoms with Crippen molar-refractivity contribution in [3.8, 4) is 5.75 Å². The van der Waals surface area contributed by atoms with Crippen molar-refractivity contribution in [2.75, 3.05) is 20.3 Å². The number of hydrogen-bond donors (Lipinski definition) is 1. The van der Waals surface area contributed by atoms with E-state index in [4.69, 9.17) is 15.2 Å². The van der Waals surface area contributed by atoms with Gasteiger partial charge in [0.2, 0.25) is 0 Å². The van der Waals surface area contributed by atoms with E-state index < -0.39 is 0 Å². The van der Waals surface area contributed by atoms with Crippen molar-refractivity contribution >= 4 is 0 Å². The summed E-state index contributed by atoms with van der Waals surface area (Å²) >= 11 is 0. The Morgan fingerprint density at radius 3 is 2.88 bits per heavy atom. The van der Waals surface area contributed by atoms with Crippen LogP contribution in [0.15, 0.2) is 24.3 Å². The molecule has 3 heteroatoms. The Morgan fingerprint density at radius 1 is 1.38 bits per heavy atom. The van der Waals surface area contributed by atoms with Gasteiger partial charge in [0.15, 0.2) is 0 Å². The fourth-order valence-electron chi connectivity index (χ4n) is 1.62. The lowest BCUT2D eigenvalue weighted by molar-refractivity contribution is 0.190. The third-order valence-electron chi connectivity index (χ3n) is 2.46. The Morgan fingerprint density at radius 2 is 2.19 bits per heavy atom. The molecule has 3 nitrogen and oxygen atoms in total. The SMILES string of the molecule is CCOc1cccc(C(N)CCCOC)c1. The molecular formula is C13H21NO2. The maximum Gasteiger partial charge on any atom is 0.119 e. The summed E-state index contributed by atoms with van der Waals surface area (Å²) in [7, 11) is 1.71. The van der Waals surface area contributed by atoms with E-state index in [0.29, 0.717) is 6.61 Å². The third-order valence-corrected chi connectivity index (χ3v) is 2.46. The van der Waals surface area contributed by atoms with E-state index in [9.17, 15) is 0 Å². The summed E-state index contributed by atoms with van der Waals surface area (Å²) in [6.07, 6.45) is 1.92. The molecule has 1 aromatic rings. The predicted molar refractivity (Wildman–Crippen MR) is 65.6 cm³/mol. The van der Waals surface area contributed by atoms with Gasteiger partial charge < -0.3 is 15.2 Å². The summed E-state index contributed by atoms with van der Waals surface area (Å²) in [5.74, 6) is 0.891. The van der Waals surface area contributed by atoms with Crippen LogP contribution in [0, 0.1) is 0 Å². The van der Waals surface area contributed by atoms with E-state index in [2.05, 4.69) is 0 Å². The molecule has 16 heavy (non-hydrogen) atoms. The summed E-state index contributed by atoms with van der Waals surface area (Å²) in [4.78, 5) is 0. The highest BCUT2D eigenvalue weighted by Gasteiger charge is 2.06. The number of benzene rings is 1.